The Morgan fingerprint density at radius 3 is 2.81 bits per heavy atom. The van der Waals surface area contributed by atoms with E-state index in [2.05, 4.69) is 25.1 Å². The third kappa shape index (κ3) is 1.90. The van der Waals surface area contributed by atoms with Gasteiger partial charge in [0, 0.05) is 26.3 Å². The molecule has 3 nitrogen and oxygen atoms in total. The molecule has 0 fully saturated rings. The van der Waals surface area contributed by atoms with Crippen molar-refractivity contribution in [3.63, 3.8) is 0 Å². The number of fused-ring (bicyclic) bond motifs is 1. The van der Waals surface area contributed by atoms with Crippen LogP contribution in [0.1, 0.15) is 17.5 Å². The van der Waals surface area contributed by atoms with E-state index in [1.54, 1.807) is 19.0 Å². The van der Waals surface area contributed by atoms with Gasteiger partial charge in [-0.25, -0.2) is 4.79 Å². The monoisotopic (exact) mass is 218 g/mol. The summed E-state index contributed by atoms with van der Waals surface area (Å²) in [5.74, 6) is 0. The molecule has 1 aromatic rings. The molecule has 16 heavy (non-hydrogen) atoms. The van der Waals surface area contributed by atoms with Crippen LogP contribution in [0.25, 0.3) is 0 Å². The van der Waals surface area contributed by atoms with Crippen molar-refractivity contribution in [1.82, 2.24) is 4.90 Å². The van der Waals surface area contributed by atoms with Gasteiger partial charge in [-0.05, 0) is 31.4 Å². The number of anilines is 1. The summed E-state index contributed by atoms with van der Waals surface area (Å²) in [6.07, 6.45) is 2.13. The lowest BCUT2D eigenvalue weighted by molar-refractivity contribution is 0.223. The average Bonchev–Trinajstić information content (AvgIpc) is 2.26. The molecular formula is C13H18N2O. The number of carbonyl (C=O) groups is 1. The third-order valence-corrected chi connectivity index (χ3v) is 2.97. The van der Waals surface area contributed by atoms with Gasteiger partial charge in [0.1, 0.15) is 0 Å². The van der Waals surface area contributed by atoms with E-state index in [9.17, 15) is 4.79 Å². The topological polar surface area (TPSA) is 23.6 Å². The van der Waals surface area contributed by atoms with Gasteiger partial charge in [0.2, 0.25) is 0 Å². The molecule has 0 spiro atoms. The average molecular weight is 218 g/mol. The Hall–Kier alpha value is -1.51. The lowest BCUT2D eigenvalue weighted by Crippen LogP contribution is -2.42. The second-order valence-electron chi connectivity index (χ2n) is 4.56. The summed E-state index contributed by atoms with van der Waals surface area (Å²) >= 11 is 0. The number of nitrogens with zero attached hydrogens (tertiary/aromatic N) is 2. The van der Waals surface area contributed by atoms with Crippen LogP contribution < -0.4 is 4.90 Å². The molecule has 1 aliphatic heterocycles. The van der Waals surface area contributed by atoms with Crippen LogP contribution in [-0.2, 0) is 6.42 Å². The van der Waals surface area contributed by atoms with Crippen LogP contribution in [0.5, 0.6) is 0 Å². The summed E-state index contributed by atoms with van der Waals surface area (Å²) in [5.41, 5.74) is 3.63. The van der Waals surface area contributed by atoms with Gasteiger partial charge in [0.05, 0.1) is 0 Å². The van der Waals surface area contributed by atoms with Gasteiger partial charge in [-0.15, -0.1) is 0 Å². The zero-order valence-corrected chi connectivity index (χ0v) is 10.2. The number of aryl methyl sites for hydroxylation is 2. The molecule has 0 radical (unpaired) electrons. The first-order valence-electron chi connectivity index (χ1n) is 5.68. The Morgan fingerprint density at radius 1 is 1.38 bits per heavy atom. The Labute approximate surface area is 96.7 Å². The highest BCUT2D eigenvalue weighted by Crippen LogP contribution is 2.28. The molecule has 1 aromatic carbocycles. The van der Waals surface area contributed by atoms with Gasteiger partial charge in [0.25, 0.3) is 0 Å². The fourth-order valence-electron chi connectivity index (χ4n) is 2.17. The van der Waals surface area contributed by atoms with Crippen molar-refractivity contribution in [2.24, 2.45) is 0 Å². The van der Waals surface area contributed by atoms with E-state index in [0.29, 0.717) is 0 Å². The van der Waals surface area contributed by atoms with Gasteiger partial charge in [-0.3, -0.25) is 4.90 Å². The number of urea groups is 1. The van der Waals surface area contributed by atoms with E-state index in [1.165, 1.54) is 11.1 Å². The summed E-state index contributed by atoms with van der Waals surface area (Å²) in [4.78, 5) is 15.5. The minimum atomic E-state index is 0.0739. The molecule has 0 atom stereocenters. The van der Waals surface area contributed by atoms with E-state index < -0.39 is 0 Å². The molecular weight excluding hydrogens is 200 g/mol. The lowest BCUT2D eigenvalue weighted by atomic mass is 10.00. The minimum Gasteiger partial charge on any atom is -0.330 e. The lowest BCUT2D eigenvalue weighted by Gasteiger charge is -2.31. The largest absolute Gasteiger partial charge is 0.330 e. The Balaban J connectivity index is 2.37. The third-order valence-electron chi connectivity index (χ3n) is 2.97. The molecule has 0 saturated heterocycles. The molecule has 0 unspecified atom stereocenters. The molecule has 1 aliphatic rings. The fourth-order valence-corrected chi connectivity index (χ4v) is 2.17. The van der Waals surface area contributed by atoms with Crippen molar-refractivity contribution >= 4 is 11.7 Å². The molecule has 0 bridgehead atoms. The summed E-state index contributed by atoms with van der Waals surface area (Å²) in [7, 11) is 3.59. The highest BCUT2D eigenvalue weighted by atomic mass is 16.2. The standard InChI is InChI=1S/C13H18N2O/c1-10-6-7-12-11(9-10)5-4-8-15(12)13(16)14(2)3/h6-7,9H,4-5,8H2,1-3H3. The van der Waals surface area contributed by atoms with Gasteiger partial charge < -0.3 is 4.90 Å². The Kier molecular flexibility index (Phi) is 2.86. The zero-order chi connectivity index (χ0) is 11.7. The Bertz CT molecular complexity index is 412. The molecule has 0 N–H and O–H groups in total. The molecule has 0 aromatic heterocycles. The first kappa shape index (κ1) is 11.0. The van der Waals surface area contributed by atoms with E-state index in [1.807, 2.05) is 4.90 Å². The summed E-state index contributed by atoms with van der Waals surface area (Å²) in [6, 6.07) is 6.39. The van der Waals surface area contributed by atoms with Crippen molar-refractivity contribution < 1.29 is 4.79 Å². The zero-order valence-electron chi connectivity index (χ0n) is 10.2. The van der Waals surface area contributed by atoms with Crippen LogP contribution in [0, 0.1) is 6.92 Å². The molecule has 86 valence electrons. The number of hydrogen-bond acceptors (Lipinski definition) is 1. The second-order valence-corrected chi connectivity index (χ2v) is 4.56. The number of hydrogen-bond donors (Lipinski definition) is 0. The Morgan fingerprint density at radius 2 is 2.12 bits per heavy atom. The van der Waals surface area contributed by atoms with E-state index in [0.717, 1.165) is 25.1 Å². The van der Waals surface area contributed by atoms with Crippen LogP contribution in [0.2, 0.25) is 0 Å². The predicted molar refractivity (Wildman–Crippen MR) is 65.9 cm³/mol. The molecule has 2 amide bonds. The van der Waals surface area contributed by atoms with E-state index >= 15 is 0 Å². The van der Waals surface area contributed by atoms with Crippen molar-refractivity contribution in [1.29, 1.82) is 0 Å². The normalized spacial score (nSPS) is 14.6. The molecule has 2 rings (SSSR count). The number of rotatable bonds is 0. The second kappa shape index (κ2) is 4.16. The van der Waals surface area contributed by atoms with Gasteiger partial charge >= 0.3 is 6.03 Å². The number of carbonyl (C=O) groups excluding carboxylic acids is 1. The van der Waals surface area contributed by atoms with Crippen molar-refractivity contribution in [2.75, 3.05) is 25.5 Å². The SMILES string of the molecule is Cc1ccc2c(c1)CCCN2C(=O)N(C)C. The molecule has 1 heterocycles. The number of amides is 2. The molecule has 0 aliphatic carbocycles. The maximum Gasteiger partial charge on any atom is 0.323 e. The predicted octanol–water partition coefficient (Wildman–Crippen LogP) is 2.43. The smallest absolute Gasteiger partial charge is 0.323 e. The van der Waals surface area contributed by atoms with Crippen molar-refractivity contribution in [2.45, 2.75) is 19.8 Å². The van der Waals surface area contributed by atoms with Crippen LogP contribution in [0.15, 0.2) is 18.2 Å². The maximum atomic E-state index is 12.0. The summed E-state index contributed by atoms with van der Waals surface area (Å²) in [6.45, 7) is 2.92. The highest BCUT2D eigenvalue weighted by molar-refractivity contribution is 5.93. The minimum absolute atomic E-state index is 0.0739. The van der Waals surface area contributed by atoms with Crippen molar-refractivity contribution in [3.05, 3.63) is 29.3 Å². The van der Waals surface area contributed by atoms with Crippen LogP contribution >= 0.6 is 0 Å². The van der Waals surface area contributed by atoms with E-state index in [4.69, 9.17) is 0 Å². The first-order chi connectivity index (χ1) is 7.59. The van der Waals surface area contributed by atoms with E-state index in [-0.39, 0.29) is 6.03 Å². The molecule has 3 heteroatoms. The number of benzene rings is 1. The van der Waals surface area contributed by atoms with Crippen LogP contribution in [-0.4, -0.2) is 31.6 Å². The van der Waals surface area contributed by atoms with Gasteiger partial charge in [-0.2, -0.15) is 0 Å². The first-order valence-corrected chi connectivity index (χ1v) is 5.68. The van der Waals surface area contributed by atoms with Gasteiger partial charge in [-0.1, -0.05) is 17.7 Å². The highest BCUT2D eigenvalue weighted by Gasteiger charge is 2.23. The van der Waals surface area contributed by atoms with Gasteiger partial charge in [0.15, 0.2) is 0 Å². The van der Waals surface area contributed by atoms with Crippen molar-refractivity contribution in [3.8, 4) is 0 Å². The van der Waals surface area contributed by atoms with Crippen LogP contribution in [0.3, 0.4) is 0 Å². The molecule has 0 saturated carbocycles. The quantitative estimate of drug-likeness (QED) is 0.656. The fraction of sp³-hybridized carbons (Fsp3) is 0.462. The summed E-state index contributed by atoms with van der Waals surface area (Å²) < 4.78 is 0. The summed E-state index contributed by atoms with van der Waals surface area (Å²) in [5, 5.41) is 0. The van der Waals surface area contributed by atoms with Crippen LogP contribution in [0.4, 0.5) is 10.5 Å². The maximum absolute atomic E-state index is 12.0.